The maximum absolute atomic E-state index is 11.3. The lowest BCUT2D eigenvalue weighted by atomic mass is 10.3. The molecule has 6 nitrogen and oxygen atoms in total. The topological polar surface area (TPSA) is 104 Å². The lowest BCUT2D eigenvalue weighted by molar-refractivity contribution is 0.157. The van der Waals surface area contributed by atoms with Gasteiger partial charge in [0.2, 0.25) is 10.0 Å². The van der Waals surface area contributed by atoms with Gasteiger partial charge in [0, 0.05) is 29.9 Å². The molecule has 0 unspecified atom stereocenters. The fraction of sp³-hybridized carbons (Fsp3) is 0.455. The Morgan fingerprint density at radius 2 is 1.80 bits per heavy atom. The smallest absolute Gasteiger partial charge is 0.247 e. The SMILES string of the molecule is NS(=O)(=O)c1cc2cc(CN(CCO)CCO)sc2s1. The second-order valence-corrected chi connectivity index (χ2v) is 8.52. The third-order valence-corrected chi connectivity index (χ3v) is 6.53. The average molecular weight is 336 g/mol. The van der Waals surface area contributed by atoms with Crippen molar-refractivity contribution in [3.8, 4) is 0 Å². The lowest BCUT2D eigenvalue weighted by Crippen LogP contribution is -2.28. The van der Waals surface area contributed by atoms with Gasteiger partial charge in [-0.1, -0.05) is 0 Å². The molecule has 2 aromatic rings. The standard InChI is InChI=1S/C11H16N2O4S3/c12-20(16,17)10-6-8-5-9(18-11(8)19-10)7-13(1-3-14)2-4-15/h5-6,14-15H,1-4,7H2,(H2,12,16,17). The van der Waals surface area contributed by atoms with E-state index in [-0.39, 0.29) is 17.4 Å². The van der Waals surface area contributed by atoms with Crippen molar-refractivity contribution < 1.29 is 18.6 Å². The molecule has 112 valence electrons. The number of aliphatic hydroxyl groups is 2. The van der Waals surface area contributed by atoms with Crippen molar-refractivity contribution in [3.63, 3.8) is 0 Å². The van der Waals surface area contributed by atoms with Gasteiger partial charge < -0.3 is 10.2 Å². The molecule has 0 aliphatic carbocycles. The van der Waals surface area contributed by atoms with E-state index in [2.05, 4.69) is 0 Å². The summed E-state index contributed by atoms with van der Waals surface area (Å²) in [4.78, 5) is 3.00. The number of hydrogen-bond acceptors (Lipinski definition) is 7. The van der Waals surface area contributed by atoms with Crippen LogP contribution >= 0.6 is 22.7 Å². The Hall–Kier alpha value is -0.550. The van der Waals surface area contributed by atoms with Crippen molar-refractivity contribution in [2.24, 2.45) is 5.14 Å². The maximum Gasteiger partial charge on any atom is 0.247 e. The van der Waals surface area contributed by atoms with Gasteiger partial charge in [0.25, 0.3) is 0 Å². The number of aliphatic hydroxyl groups excluding tert-OH is 2. The highest BCUT2D eigenvalue weighted by Crippen LogP contribution is 2.35. The summed E-state index contributed by atoms with van der Waals surface area (Å²) in [6.07, 6.45) is 0. The summed E-state index contributed by atoms with van der Waals surface area (Å²) in [5.41, 5.74) is 0. The van der Waals surface area contributed by atoms with Crippen LogP contribution in [0.5, 0.6) is 0 Å². The molecule has 0 aliphatic rings. The number of nitrogens with two attached hydrogens (primary N) is 1. The fourth-order valence-corrected chi connectivity index (χ4v) is 5.29. The van der Waals surface area contributed by atoms with Crippen LogP contribution in [0.4, 0.5) is 0 Å². The molecule has 2 heterocycles. The second-order valence-electron chi connectivity index (χ2n) is 4.29. The predicted octanol–water partition coefficient (Wildman–Crippen LogP) is 0.397. The van der Waals surface area contributed by atoms with Crippen LogP contribution in [0.3, 0.4) is 0 Å². The first-order valence-electron chi connectivity index (χ1n) is 5.93. The Balaban J connectivity index is 2.18. The van der Waals surface area contributed by atoms with Crippen molar-refractivity contribution in [2.75, 3.05) is 26.3 Å². The molecule has 0 amide bonds. The molecule has 9 heteroatoms. The van der Waals surface area contributed by atoms with E-state index in [0.29, 0.717) is 19.6 Å². The summed E-state index contributed by atoms with van der Waals surface area (Å²) in [5, 5.41) is 23.9. The molecule has 0 aromatic carbocycles. The van der Waals surface area contributed by atoms with Crippen LogP contribution in [0, 0.1) is 0 Å². The summed E-state index contributed by atoms with van der Waals surface area (Å²) >= 11 is 2.67. The zero-order chi connectivity index (χ0) is 14.8. The van der Waals surface area contributed by atoms with Crippen LogP contribution in [0.1, 0.15) is 4.88 Å². The van der Waals surface area contributed by atoms with Gasteiger partial charge in [0.05, 0.1) is 17.2 Å². The Bertz CT molecular complexity index is 639. The minimum Gasteiger partial charge on any atom is -0.395 e. The molecule has 4 N–H and O–H groups in total. The number of primary sulfonamides is 1. The van der Waals surface area contributed by atoms with Crippen molar-refractivity contribution in [1.82, 2.24) is 4.90 Å². The van der Waals surface area contributed by atoms with Crippen LogP contribution < -0.4 is 5.14 Å². The lowest BCUT2D eigenvalue weighted by Gasteiger charge is -2.18. The molecule has 0 saturated carbocycles. The largest absolute Gasteiger partial charge is 0.395 e. The summed E-state index contributed by atoms with van der Waals surface area (Å²) in [7, 11) is -3.64. The van der Waals surface area contributed by atoms with E-state index in [1.54, 1.807) is 6.07 Å². The van der Waals surface area contributed by atoms with E-state index in [1.807, 2.05) is 11.0 Å². The molecular weight excluding hydrogens is 320 g/mol. The van der Waals surface area contributed by atoms with Gasteiger partial charge >= 0.3 is 0 Å². The number of hydrogen-bond donors (Lipinski definition) is 3. The Labute approximate surface area is 125 Å². The van der Waals surface area contributed by atoms with E-state index < -0.39 is 10.0 Å². The molecule has 0 aliphatic heterocycles. The molecule has 0 bridgehead atoms. The molecule has 0 atom stereocenters. The average Bonchev–Trinajstić information content (AvgIpc) is 2.86. The van der Waals surface area contributed by atoms with Crippen LogP contribution in [-0.2, 0) is 16.6 Å². The third kappa shape index (κ3) is 3.76. The quantitative estimate of drug-likeness (QED) is 0.679. The van der Waals surface area contributed by atoms with Crippen LogP contribution in [0.2, 0.25) is 0 Å². The number of nitrogens with zero attached hydrogens (tertiary/aromatic N) is 1. The molecule has 2 rings (SSSR count). The monoisotopic (exact) mass is 336 g/mol. The van der Waals surface area contributed by atoms with Crippen molar-refractivity contribution in [1.29, 1.82) is 0 Å². The van der Waals surface area contributed by atoms with E-state index in [9.17, 15) is 8.42 Å². The van der Waals surface area contributed by atoms with Gasteiger partial charge in [-0.2, -0.15) is 0 Å². The molecular formula is C11H16N2O4S3. The highest BCUT2D eigenvalue weighted by Gasteiger charge is 2.15. The van der Waals surface area contributed by atoms with E-state index in [1.165, 1.54) is 22.7 Å². The number of fused-ring (bicyclic) bond motifs is 1. The molecule has 0 spiro atoms. The predicted molar refractivity (Wildman–Crippen MR) is 80.5 cm³/mol. The zero-order valence-corrected chi connectivity index (χ0v) is 13.1. The van der Waals surface area contributed by atoms with Gasteiger partial charge in [-0.05, 0) is 12.1 Å². The van der Waals surface area contributed by atoms with Crippen LogP contribution in [0.15, 0.2) is 16.3 Å². The van der Waals surface area contributed by atoms with E-state index in [4.69, 9.17) is 15.4 Å². The van der Waals surface area contributed by atoms with Gasteiger partial charge in [-0.15, -0.1) is 22.7 Å². The molecule has 0 fully saturated rings. The first-order valence-corrected chi connectivity index (χ1v) is 9.11. The molecule has 0 radical (unpaired) electrons. The van der Waals surface area contributed by atoms with Gasteiger partial charge in [0.15, 0.2) is 0 Å². The van der Waals surface area contributed by atoms with Crippen molar-refractivity contribution in [3.05, 3.63) is 17.0 Å². The molecule has 0 saturated heterocycles. The third-order valence-electron chi connectivity index (χ3n) is 2.73. The van der Waals surface area contributed by atoms with Gasteiger partial charge in [-0.3, -0.25) is 4.90 Å². The van der Waals surface area contributed by atoms with Crippen LogP contribution in [-0.4, -0.2) is 49.8 Å². The van der Waals surface area contributed by atoms with Gasteiger partial charge in [-0.25, -0.2) is 13.6 Å². The number of sulfonamides is 1. The Morgan fingerprint density at radius 3 is 2.30 bits per heavy atom. The Morgan fingerprint density at radius 1 is 1.15 bits per heavy atom. The van der Waals surface area contributed by atoms with Crippen LogP contribution in [0.25, 0.3) is 9.40 Å². The normalized spacial score (nSPS) is 12.6. The highest BCUT2D eigenvalue weighted by atomic mass is 32.2. The fourth-order valence-electron chi connectivity index (χ4n) is 1.86. The number of thiophene rings is 2. The summed E-state index contributed by atoms with van der Waals surface area (Å²) in [5.74, 6) is 0. The second kappa shape index (κ2) is 6.48. The van der Waals surface area contributed by atoms with E-state index >= 15 is 0 Å². The minimum absolute atomic E-state index is 0.0370. The van der Waals surface area contributed by atoms with Gasteiger partial charge in [0.1, 0.15) is 4.21 Å². The zero-order valence-electron chi connectivity index (χ0n) is 10.7. The molecule has 20 heavy (non-hydrogen) atoms. The minimum atomic E-state index is -3.64. The molecule has 2 aromatic heterocycles. The summed E-state index contributed by atoms with van der Waals surface area (Å²) in [6.45, 7) is 1.69. The van der Waals surface area contributed by atoms with Crippen molar-refractivity contribution in [2.45, 2.75) is 10.8 Å². The first-order chi connectivity index (χ1) is 9.44. The van der Waals surface area contributed by atoms with E-state index in [0.717, 1.165) is 14.3 Å². The summed E-state index contributed by atoms with van der Waals surface area (Å²) < 4.78 is 23.6. The Kier molecular flexibility index (Phi) is 5.13. The maximum atomic E-state index is 11.3. The number of rotatable bonds is 7. The highest BCUT2D eigenvalue weighted by molar-refractivity contribution is 7.91. The summed E-state index contributed by atoms with van der Waals surface area (Å²) in [6, 6.07) is 3.50. The first kappa shape index (κ1) is 15.8. The van der Waals surface area contributed by atoms with Crippen molar-refractivity contribution >= 4 is 42.1 Å².